The van der Waals surface area contributed by atoms with Crippen LogP contribution in [0.5, 0.6) is 0 Å². The number of ether oxygens (including phenoxy) is 1. The third kappa shape index (κ3) is 2.64. The highest BCUT2D eigenvalue weighted by atomic mass is 35.5. The molecule has 1 fully saturated rings. The van der Waals surface area contributed by atoms with Gasteiger partial charge in [-0.2, -0.15) is 0 Å². The zero-order valence-electron chi connectivity index (χ0n) is 10.3. The van der Waals surface area contributed by atoms with Gasteiger partial charge in [-0.05, 0) is 18.5 Å². The van der Waals surface area contributed by atoms with Gasteiger partial charge in [0, 0.05) is 30.3 Å². The van der Waals surface area contributed by atoms with E-state index in [-0.39, 0.29) is 10.7 Å². The summed E-state index contributed by atoms with van der Waals surface area (Å²) in [6.45, 7) is 5.77. The lowest BCUT2D eigenvalue weighted by molar-refractivity contribution is 0.0790. The van der Waals surface area contributed by atoms with Gasteiger partial charge in [-0.3, -0.25) is 0 Å². The van der Waals surface area contributed by atoms with Crippen molar-refractivity contribution in [3.63, 3.8) is 0 Å². The SMILES string of the molecule is Cc1cnc(Cl)nc1N1CC(C)(COC(N)=O)C1. The zero-order chi connectivity index (χ0) is 13.3. The Morgan fingerprint density at radius 2 is 2.33 bits per heavy atom. The molecule has 1 aromatic heterocycles. The van der Waals surface area contributed by atoms with Crippen molar-refractivity contribution < 1.29 is 9.53 Å². The van der Waals surface area contributed by atoms with Gasteiger partial charge < -0.3 is 15.4 Å². The van der Waals surface area contributed by atoms with Crippen LogP contribution in [0.2, 0.25) is 5.28 Å². The molecule has 6 nitrogen and oxygen atoms in total. The van der Waals surface area contributed by atoms with E-state index in [0.717, 1.165) is 24.5 Å². The van der Waals surface area contributed by atoms with E-state index >= 15 is 0 Å². The molecule has 1 aromatic rings. The molecule has 0 saturated carbocycles. The van der Waals surface area contributed by atoms with Gasteiger partial charge >= 0.3 is 6.09 Å². The van der Waals surface area contributed by atoms with Crippen LogP contribution in [-0.2, 0) is 4.74 Å². The van der Waals surface area contributed by atoms with Crippen molar-refractivity contribution in [1.29, 1.82) is 0 Å². The maximum absolute atomic E-state index is 10.6. The van der Waals surface area contributed by atoms with Crippen LogP contribution >= 0.6 is 11.6 Å². The quantitative estimate of drug-likeness (QED) is 0.839. The smallest absolute Gasteiger partial charge is 0.404 e. The maximum atomic E-state index is 10.6. The molecule has 2 rings (SSSR count). The molecule has 1 saturated heterocycles. The highest BCUT2D eigenvalue weighted by molar-refractivity contribution is 6.28. The number of halogens is 1. The van der Waals surface area contributed by atoms with Crippen molar-refractivity contribution in [1.82, 2.24) is 9.97 Å². The normalized spacial score (nSPS) is 17.2. The van der Waals surface area contributed by atoms with E-state index in [1.54, 1.807) is 6.20 Å². The van der Waals surface area contributed by atoms with Crippen LogP contribution < -0.4 is 10.6 Å². The Bertz CT molecular complexity index is 474. The molecule has 0 atom stereocenters. The minimum atomic E-state index is -0.740. The number of amides is 1. The molecule has 0 aromatic carbocycles. The van der Waals surface area contributed by atoms with Gasteiger partial charge in [-0.1, -0.05) is 6.92 Å². The van der Waals surface area contributed by atoms with Crippen molar-refractivity contribution in [2.75, 3.05) is 24.6 Å². The predicted octanol–water partition coefficient (Wildman–Crippen LogP) is 1.36. The number of anilines is 1. The van der Waals surface area contributed by atoms with Crippen LogP contribution in [0, 0.1) is 12.3 Å². The second kappa shape index (κ2) is 4.61. The molecule has 0 radical (unpaired) electrons. The Balaban J connectivity index is 1.99. The van der Waals surface area contributed by atoms with Crippen molar-refractivity contribution in [3.05, 3.63) is 17.0 Å². The average Bonchev–Trinajstić information content (AvgIpc) is 2.26. The van der Waals surface area contributed by atoms with Crippen LogP contribution in [0.4, 0.5) is 10.6 Å². The average molecular weight is 271 g/mol. The van der Waals surface area contributed by atoms with Gasteiger partial charge in [-0.25, -0.2) is 14.8 Å². The Morgan fingerprint density at radius 3 is 2.94 bits per heavy atom. The van der Waals surface area contributed by atoms with Crippen LogP contribution in [0.1, 0.15) is 12.5 Å². The fourth-order valence-corrected chi connectivity index (χ4v) is 2.22. The first-order valence-corrected chi connectivity index (χ1v) is 5.94. The fourth-order valence-electron chi connectivity index (χ4n) is 2.09. The summed E-state index contributed by atoms with van der Waals surface area (Å²) in [5.41, 5.74) is 5.84. The van der Waals surface area contributed by atoms with E-state index in [1.165, 1.54) is 0 Å². The number of rotatable bonds is 3. The van der Waals surface area contributed by atoms with Gasteiger partial charge in [0.1, 0.15) is 12.4 Å². The van der Waals surface area contributed by atoms with E-state index < -0.39 is 6.09 Å². The molecule has 1 aliphatic heterocycles. The number of carbonyl (C=O) groups is 1. The van der Waals surface area contributed by atoms with E-state index in [2.05, 4.69) is 14.9 Å². The molecule has 0 unspecified atom stereocenters. The molecule has 7 heteroatoms. The molecule has 98 valence electrons. The van der Waals surface area contributed by atoms with E-state index in [1.807, 2.05) is 13.8 Å². The summed E-state index contributed by atoms with van der Waals surface area (Å²) >= 11 is 5.78. The lowest BCUT2D eigenvalue weighted by Gasteiger charge is -2.48. The monoisotopic (exact) mass is 270 g/mol. The highest BCUT2D eigenvalue weighted by Crippen LogP contribution is 2.34. The van der Waals surface area contributed by atoms with Crippen LogP contribution in [0.15, 0.2) is 6.20 Å². The van der Waals surface area contributed by atoms with Gasteiger partial charge in [0.25, 0.3) is 0 Å². The molecule has 0 spiro atoms. The number of nitrogens with zero attached hydrogens (tertiary/aromatic N) is 3. The third-order valence-corrected chi connectivity index (χ3v) is 3.11. The second-order valence-corrected chi connectivity index (χ2v) is 5.26. The van der Waals surface area contributed by atoms with Gasteiger partial charge in [0.05, 0.1) is 0 Å². The third-order valence-electron chi connectivity index (χ3n) is 2.92. The summed E-state index contributed by atoms with van der Waals surface area (Å²) in [5, 5.41) is 0.234. The molecular formula is C11H15ClN4O2. The number of primary amides is 1. The molecule has 1 aliphatic rings. The summed E-state index contributed by atoms with van der Waals surface area (Å²) in [6.07, 6.45) is 0.955. The first kappa shape index (κ1) is 12.9. The summed E-state index contributed by atoms with van der Waals surface area (Å²) in [7, 11) is 0. The molecule has 1 amide bonds. The number of aryl methyl sites for hydroxylation is 1. The van der Waals surface area contributed by atoms with Crippen LogP contribution in [0.25, 0.3) is 0 Å². The highest BCUT2D eigenvalue weighted by Gasteiger charge is 2.41. The van der Waals surface area contributed by atoms with E-state index in [4.69, 9.17) is 22.1 Å². The van der Waals surface area contributed by atoms with Gasteiger partial charge in [0.2, 0.25) is 5.28 Å². The van der Waals surface area contributed by atoms with Crippen molar-refractivity contribution in [2.45, 2.75) is 13.8 Å². The molecular weight excluding hydrogens is 256 g/mol. The summed E-state index contributed by atoms with van der Waals surface area (Å²) in [5.74, 6) is 0.826. The lowest BCUT2D eigenvalue weighted by atomic mass is 9.82. The number of nitrogens with two attached hydrogens (primary N) is 1. The minimum absolute atomic E-state index is 0.0844. The summed E-state index contributed by atoms with van der Waals surface area (Å²) in [6, 6.07) is 0. The Hall–Kier alpha value is -1.56. The van der Waals surface area contributed by atoms with Crippen molar-refractivity contribution in [2.24, 2.45) is 11.1 Å². The van der Waals surface area contributed by atoms with Crippen molar-refractivity contribution in [3.8, 4) is 0 Å². The minimum Gasteiger partial charge on any atom is -0.449 e. The Labute approximate surface area is 110 Å². The maximum Gasteiger partial charge on any atom is 0.404 e. The number of hydrogen-bond donors (Lipinski definition) is 1. The van der Waals surface area contributed by atoms with Gasteiger partial charge in [0.15, 0.2) is 0 Å². The predicted molar refractivity (Wildman–Crippen MR) is 67.6 cm³/mol. The molecule has 0 aliphatic carbocycles. The van der Waals surface area contributed by atoms with Crippen molar-refractivity contribution >= 4 is 23.5 Å². The molecule has 2 N–H and O–H groups in total. The summed E-state index contributed by atoms with van der Waals surface area (Å²) in [4.78, 5) is 20.8. The van der Waals surface area contributed by atoms with Crippen LogP contribution in [-0.4, -0.2) is 35.8 Å². The molecule has 18 heavy (non-hydrogen) atoms. The fraction of sp³-hybridized carbons (Fsp3) is 0.545. The first-order chi connectivity index (χ1) is 8.39. The second-order valence-electron chi connectivity index (χ2n) is 4.92. The Kier molecular flexibility index (Phi) is 3.30. The van der Waals surface area contributed by atoms with Gasteiger partial charge in [-0.15, -0.1) is 0 Å². The zero-order valence-corrected chi connectivity index (χ0v) is 11.1. The summed E-state index contributed by atoms with van der Waals surface area (Å²) < 4.78 is 4.84. The number of aromatic nitrogens is 2. The largest absolute Gasteiger partial charge is 0.449 e. The van der Waals surface area contributed by atoms with E-state index in [0.29, 0.717) is 6.61 Å². The lowest BCUT2D eigenvalue weighted by Crippen LogP contribution is -2.58. The first-order valence-electron chi connectivity index (χ1n) is 5.56. The van der Waals surface area contributed by atoms with Crippen LogP contribution in [0.3, 0.4) is 0 Å². The Morgan fingerprint density at radius 1 is 1.67 bits per heavy atom. The number of hydrogen-bond acceptors (Lipinski definition) is 5. The topological polar surface area (TPSA) is 81.3 Å². The molecule has 0 bridgehead atoms. The number of carbonyl (C=O) groups excluding carboxylic acids is 1. The standard InChI is InChI=1S/C11H15ClN4O2/c1-7-3-14-9(12)15-8(7)16-4-11(2,5-16)6-18-10(13)17/h3H,4-6H2,1-2H3,(H2,13,17). The van der Waals surface area contributed by atoms with E-state index in [9.17, 15) is 4.79 Å². The molecule has 2 heterocycles.